The van der Waals surface area contributed by atoms with Gasteiger partial charge in [0.15, 0.2) is 0 Å². The monoisotopic (exact) mass is 568 g/mol. The standard InChI is InChI=1S/C28H29F5N2O3S/c1-38-19-2-3-24-20(14-19)25(17(15-29)16-34-24)21(31)4-5-28(27(36)37)6-8-35(9-7-28)10-11-39-26-22(32)12-18(30)13-23(26)33/h2-3,12-14,16,21H,4-11,15H2,1H3,(H,36,37). The molecule has 0 spiro atoms. The summed E-state index contributed by atoms with van der Waals surface area (Å²) in [7, 11) is 1.47. The van der Waals surface area contributed by atoms with Gasteiger partial charge in [0.05, 0.1) is 22.9 Å². The SMILES string of the molecule is COc1ccc2ncc(CF)c(C(F)CCC3(C(=O)O)CCN(CCSc4c(F)cc(F)cc4F)CC3)c2c1. The molecule has 2 heterocycles. The van der Waals surface area contributed by atoms with Crippen LogP contribution in [0.25, 0.3) is 10.9 Å². The fourth-order valence-corrected chi connectivity index (χ4v) is 6.05. The molecule has 1 unspecified atom stereocenters. The lowest BCUT2D eigenvalue weighted by Crippen LogP contribution is -2.45. The molecule has 1 atom stereocenters. The smallest absolute Gasteiger partial charge is 0.309 e. The van der Waals surface area contributed by atoms with E-state index in [-0.39, 0.29) is 41.7 Å². The number of likely N-dealkylation sites (tertiary alicyclic amines) is 1. The molecule has 0 amide bonds. The number of aliphatic carboxylic acids is 1. The van der Waals surface area contributed by atoms with E-state index in [4.69, 9.17) is 4.74 Å². The molecule has 3 aromatic rings. The summed E-state index contributed by atoms with van der Waals surface area (Å²) in [6.45, 7) is 0.387. The molecule has 0 bridgehead atoms. The van der Waals surface area contributed by atoms with Crippen molar-refractivity contribution in [2.24, 2.45) is 5.41 Å². The van der Waals surface area contributed by atoms with Crippen molar-refractivity contribution in [3.05, 3.63) is 65.1 Å². The molecule has 1 aliphatic heterocycles. The van der Waals surface area contributed by atoms with E-state index in [1.54, 1.807) is 18.2 Å². The van der Waals surface area contributed by atoms with Crippen LogP contribution in [0.1, 0.15) is 43.0 Å². The Bertz CT molecular complexity index is 1310. The highest BCUT2D eigenvalue weighted by Crippen LogP contribution is 2.42. The zero-order valence-electron chi connectivity index (χ0n) is 21.4. The lowest BCUT2D eigenvalue weighted by molar-refractivity contribution is -0.153. The van der Waals surface area contributed by atoms with Gasteiger partial charge >= 0.3 is 5.97 Å². The maximum atomic E-state index is 15.7. The molecule has 210 valence electrons. The quantitative estimate of drug-likeness (QED) is 0.201. The number of carboxylic acids is 1. The topological polar surface area (TPSA) is 62.7 Å². The Morgan fingerprint density at radius 2 is 1.87 bits per heavy atom. The number of hydrogen-bond acceptors (Lipinski definition) is 5. The van der Waals surface area contributed by atoms with E-state index in [0.717, 1.165) is 11.8 Å². The number of fused-ring (bicyclic) bond motifs is 1. The van der Waals surface area contributed by atoms with E-state index in [1.165, 1.54) is 13.3 Å². The van der Waals surface area contributed by atoms with Crippen LogP contribution in [-0.4, -0.2) is 53.5 Å². The number of alkyl halides is 2. The number of piperidine rings is 1. The van der Waals surface area contributed by atoms with E-state index >= 15 is 4.39 Å². The zero-order chi connectivity index (χ0) is 28.2. The van der Waals surface area contributed by atoms with E-state index in [9.17, 15) is 27.5 Å². The zero-order valence-corrected chi connectivity index (χ0v) is 22.2. The summed E-state index contributed by atoms with van der Waals surface area (Å²) in [6, 6.07) is 6.22. The van der Waals surface area contributed by atoms with Crippen LogP contribution in [0.2, 0.25) is 0 Å². The van der Waals surface area contributed by atoms with Gasteiger partial charge in [-0.25, -0.2) is 22.0 Å². The first-order valence-electron chi connectivity index (χ1n) is 12.6. The third-order valence-electron chi connectivity index (χ3n) is 7.42. The van der Waals surface area contributed by atoms with Crippen molar-refractivity contribution in [2.45, 2.75) is 43.4 Å². The minimum absolute atomic E-state index is 0.0671. The Balaban J connectivity index is 1.39. The number of hydrogen-bond donors (Lipinski definition) is 1. The Labute approximate surface area is 227 Å². The van der Waals surface area contributed by atoms with Gasteiger partial charge in [0.2, 0.25) is 0 Å². The Morgan fingerprint density at radius 3 is 2.49 bits per heavy atom. The van der Waals surface area contributed by atoms with Crippen molar-refractivity contribution >= 4 is 28.6 Å². The van der Waals surface area contributed by atoms with Gasteiger partial charge in [-0.1, -0.05) is 0 Å². The number of benzene rings is 2. The Hall–Kier alpha value is -2.92. The summed E-state index contributed by atoms with van der Waals surface area (Å²) in [5, 5.41) is 10.5. The summed E-state index contributed by atoms with van der Waals surface area (Å²) in [5.74, 6) is -3.10. The number of thioether (sulfide) groups is 1. The highest BCUT2D eigenvalue weighted by molar-refractivity contribution is 7.99. The van der Waals surface area contributed by atoms with Gasteiger partial charge in [-0.2, -0.15) is 0 Å². The van der Waals surface area contributed by atoms with Crippen LogP contribution < -0.4 is 4.74 Å². The second kappa shape index (κ2) is 12.5. The van der Waals surface area contributed by atoms with Crippen LogP contribution in [0.4, 0.5) is 22.0 Å². The van der Waals surface area contributed by atoms with Gasteiger partial charge in [0, 0.05) is 47.1 Å². The lowest BCUT2D eigenvalue weighted by atomic mass is 9.74. The first kappa shape index (κ1) is 29.1. The lowest BCUT2D eigenvalue weighted by Gasteiger charge is -2.39. The fraction of sp³-hybridized carbons (Fsp3) is 0.429. The average Bonchev–Trinajstić information content (AvgIpc) is 2.92. The maximum absolute atomic E-state index is 15.7. The molecule has 0 radical (unpaired) electrons. The largest absolute Gasteiger partial charge is 0.497 e. The van der Waals surface area contributed by atoms with E-state index in [1.807, 2.05) is 4.90 Å². The van der Waals surface area contributed by atoms with Crippen LogP contribution in [-0.2, 0) is 11.5 Å². The van der Waals surface area contributed by atoms with E-state index in [2.05, 4.69) is 4.98 Å². The molecule has 5 nitrogen and oxygen atoms in total. The minimum atomic E-state index is -1.60. The van der Waals surface area contributed by atoms with Crippen molar-refractivity contribution in [2.75, 3.05) is 32.5 Å². The van der Waals surface area contributed by atoms with Crippen molar-refractivity contribution in [3.8, 4) is 5.75 Å². The van der Waals surface area contributed by atoms with Crippen molar-refractivity contribution in [1.82, 2.24) is 9.88 Å². The number of ether oxygens (including phenoxy) is 1. The maximum Gasteiger partial charge on any atom is 0.309 e. The van der Waals surface area contributed by atoms with Gasteiger partial charge in [0.1, 0.15) is 36.0 Å². The predicted octanol–water partition coefficient (Wildman–Crippen LogP) is 6.88. The van der Waals surface area contributed by atoms with E-state index in [0.29, 0.717) is 54.2 Å². The first-order chi connectivity index (χ1) is 18.7. The predicted molar refractivity (Wildman–Crippen MR) is 139 cm³/mol. The third kappa shape index (κ3) is 6.46. The molecule has 1 aliphatic rings. The number of methoxy groups -OCH3 is 1. The molecule has 0 aliphatic carbocycles. The summed E-state index contributed by atoms with van der Waals surface area (Å²) >= 11 is 0.932. The van der Waals surface area contributed by atoms with Crippen LogP contribution in [0.5, 0.6) is 5.75 Å². The van der Waals surface area contributed by atoms with Crippen LogP contribution in [0, 0.1) is 22.9 Å². The number of aromatic nitrogens is 1. The summed E-state index contributed by atoms with van der Waals surface area (Å²) in [4.78, 5) is 18.2. The molecule has 1 N–H and O–H groups in total. The van der Waals surface area contributed by atoms with Crippen molar-refractivity contribution < 1.29 is 36.6 Å². The Morgan fingerprint density at radius 1 is 1.18 bits per heavy atom. The summed E-state index contributed by atoms with van der Waals surface area (Å²) in [5.41, 5.74) is -0.365. The number of halogens is 5. The average molecular weight is 569 g/mol. The second-order valence-corrected chi connectivity index (χ2v) is 10.8. The number of rotatable bonds is 11. The van der Waals surface area contributed by atoms with Crippen LogP contribution in [0.3, 0.4) is 0 Å². The number of nitrogens with zero attached hydrogens (tertiary/aromatic N) is 2. The molecular weight excluding hydrogens is 539 g/mol. The van der Waals surface area contributed by atoms with E-state index < -0.39 is 41.7 Å². The number of carboxylic acid groups (broad SMARTS) is 1. The number of carbonyl (C=O) groups is 1. The summed E-state index contributed by atoms with van der Waals surface area (Å²) < 4.78 is 75.6. The van der Waals surface area contributed by atoms with Crippen molar-refractivity contribution in [3.63, 3.8) is 0 Å². The number of pyridine rings is 1. The molecule has 0 saturated carbocycles. The second-order valence-electron chi connectivity index (χ2n) is 9.69. The first-order valence-corrected chi connectivity index (χ1v) is 13.5. The van der Waals surface area contributed by atoms with Crippen LogP contribution in [0.15, 0.2) is 41.4 Å². The molecule has 1 fully saturated rings. The highest BCUT2D eigenvalue weighted by atomic mass is 32.2. The van der Waals surface area contributed by atoms with Gasteiger partial charge in [0.25, 0.3) is 0 Å². The van der Waals surface area contributed by atoms with Crippen molar-refractivity contribution in [1.29, 1.82) is 0 Å². The Kier molecular flexibility index (Phi) is 9.32. The van der Waals surface area contributed by atoms with Crippen LogP contribution >= 0.6 is 11.8 Å². The molecule has 1 aromatic heterocycles. The van der Waals surface area contributed by atoms with Gasteiger partial charge in [-0.15, -0.1) is 11.8 Å². The fourth-order valence-electron chi connectivity index (χ4n) is 5.10. The molecule has 39 heavy (non-hydrogen) atoms. The molecule has 11 heteroatoms. The minimum Gasteiger partial charge on any atom is -0.497 e. The highest BCUT2D eigenvalue weighted by Gasteiger charge is 2.41. The molecule has 4 rings (SSSR count). The normalized spacial score (nSPS) is 16.4. The molecule has 2 aromatic carbocycles. The molecule has 1 saturated heterocycles. The van der Waals surface area contributed by atoms with Gasteiger partial charge in [-0.3, -0.25) is 9.78 Å². The third-order valence-corrected chi connectivity index (χ3v) is 8.48. The summed E-state index contributed by atoms with van der Waals surface area (Å²) in [6.07, 6.45) is 0.232. The molecular formula is C28H29F5N2O3S. The van der Waals surface area contributed by atoms with Gasteiger partial charge in [-0.05, 0) is 57.0 Å². The van der Waals surface area contributed by atoms with Gasteiger partial charge < -0.3 is 14.7 Å².